The van der Waals surface area contributed by atoms with E-state index in [0.717, 1.165) is 38.0 Å². The van der Waals surface area contributed by atoms with Gasteiger partial charge < -0.3 is 9.64 Å². The van der Waals surface area contributed by atoms with Gasteiger partial charge in [-0.1, -0.05) is 6.42 Å². The highest BCUT2D eigenvalue weighted by atomic mass is 16.5. The molecule has 0 aromatic heterocycles. The molecule has 3 fully saturated rings. The molecule has 0 N–H and O–H groups in total. The van der Waals surface area contributed by atoms with Crippen molar-refractivity contribution >= 4 is 5.91 Å². The number of fused-ring (bicyclic) bond motifs is 1. The van der Waals surface area contributed by atoms with Gasteiger partial charge in [0.15, 0.2) is 0 Å². The zero-order chi connectivity index (χ0) is 10.3. The first-order valence-corrected chi connectivity index (χ1v) is 6.21. The maximum Gasteiger partial charge on any atom is 0.228 e. The van der Waals surface area contributed by atoms with Crippen molar-refractivity contribution in [2.24, 2.45) is 17.8 Å². The first-order valence-electron chi connectivity index (χ1n) is 6.21. The third-order valence-corrected chi connectivity index (χ3v) is 4.32. The van der Waals surface area contributed by atoms with Gasteiger partial charge in [0.2, 0.25) is 5.91 Å². The molecular weight excluding hydrogens is 190 g/mol. The number of carbonyl (C=O) groups excluding carboxylic acids is 1. The molecular formula is C12H19NO2. The van der Waals surface area contributed by atoms with E-state index in [9.17, 15) is 4.79 Å². The lowest BCUT2D eigenvalue weighted by Crippen LogP contribution is -2.35. The zero-order valence-corrected chi connectivity index (χ0v) is 9.15. The lowest BCUT2D eigenvalue weighted by atomic mass is 10.0. The van der Waals surface area contributed by atoms with Crippen molar-refractivity contribution in [2.75, 3.05) is 26.3 Å². The predicted octanol–water partition coefficient (Wildman–Crippen LogP) is 1.28. The van der Waals surface area contributed by atoms with Crippen LogP contribution in [-0.2, 0) is 9.53 Å². The van der Waals surface area contributed by atoms with Crippen molar-refractivity contribution in [3.05, 3.63) is 0 Å². The lowest BCUT2D eigenvalue weighted by Gasteiger charge is -2.20. The van der Waals surface area contributed by atoms with Crippen LogP contribution in [0.2, 0.25) is 0 Å². The SMILES string of the molecule is O=C(C1CCOC1)N1CC2CCCC2C1. The van der Waals surface area contributed by atoms with E-state index in [2.05, 4.69) is 4.90 Å². The fourth-order valence-electron chi connectivity index (χ4n) is 3.40. The fourth-order valence-corrected chi connectivity index (χ4v) is 3.40. The quantitative estimate of drug-likeness (QED) is 0.651. The van der Waals surface area contributed by atoms with Gasteiger partial charge in [-0.25, -0.2) is 0 Å². The third kappa shape index (κ3) is 1.67. The van der Waals surface area contributed by atoms with Crippen LogP contribution in [0.25, 0.3) is 0 Å². The van der Waals surface area contributed by atoms with E-state index in [4.69, 9.17) is 4.74 Å². The molecule has 0 radical (unpaired) electrons. The van der Waals surface area contributed by atoms with Gasteiger partial charge in [0.05, 0.1) is 12.5 Å². The van der Waals surface area contributed by atoms with E-state index in [0.29, 0.717) is 12.5 Å². The summed E-state index contributed by atoms with van der Waals surface area (Å²) < 4.78 is 5.28. The van der Waals surface area contributed by atoms with Crippen molar-refractivity contribution in [3.63, 3.8) is 0 Å². The summed E-state index contributed by atoms with van der Waals surface area (Å²) in [6, 6.07) is 0. The summed E-state index contributed by atoms with van der Waals surface area (Å²) in [6.07, 6.45) is 5.00. The molecule has 3 rings (SSSR count). The van der Waals surface area contributed by atoms with Crippen LogP contribution in [0.5, 0.6) is 0 Å². The summed E-state index contributed by atoms with van der Waals surface area (Å²) in [5.74, 6) is 2.17. The number of likely N-dealkylation sites (tertiary alicyclic amines) is 1. The lowest BCUT2D eigenvalue weighted by molar-refractivity contribution is -0.134. The van der Waals surface area contributed by atoms with Gasteiger partial charge in [0, 0.05) is 19.7 Å². The fraction of sp³-hybridized carbons (Fsp3) is 0.917. The Morgan fingerprint density at radius 3 is 2.47 bits per heavy atom. The molecule has 1 aliphatic carbocycles. The number of ether oxygens (including phenoxy) is 1. The third-order valence-electron chi connectivity index (χ3n) is 4.32. The molecule has 3 heteroatoms. The molecule has 1 amide bonds. The van der Waals surface area contributed by atoms with E-state index in [1.807, 2.05) is 0 Å². The van der Waals surface area contributed by atoms with Crippen LogP contribution in [0.3, 0.4) is 0 Å². The van der Waals surface area contributed by atoms with Crippen molar-refractivity contribution in [2.45, 2.75) is 25.7 Å². The minimum atomic E-state index is 0.170. The topological polar surface area (TPSA) is 29.5 Å². The number of amides is 1. The molecule has 15 heavy (non-hydrogen) atoms. The van der Waals surface area contributed by atoms with Crippen LogP contribution in [0, 0.1) is 17.8 Å². The van der Waals surface area contributed by atoms with Crippen molar-refractivity contribution in [3.8, 4) is 0 Å². The molecule has 2 heterocycles. The second-order valence-corrected chi connectivity index (χ2v) is 5.25. The van der Waals surface area contributed by atoms with Crippen LogP contribution >= 0.6 is 0 Å². The minimum absolute atomic E-state index is 0.170. The average molecular weight is 209 g/mol. The first-order chi connectivity index (χ1) is 7.34. The van der Waals surface area contributed by atoms with Crippen molar-refractivity contribution < 1.29 is 9.53 Å². The number of nitrogens with zero attached hydrogens (tertiary/aromatic N) is 1. The van der Waals surface area contributed by atoms with Crippen molar-refractivity contribution in [1.29, 1.82) is 0 Å². The Labute approximate surface area is 90.8 Å². The maximum absolute atomic E-state index is 12.1. The molecule has 3 aliphatic rings. The van der Waals surface area contributed by atoms with Crippen LogP contribution in [0.15, 0.2) is 0 Å². The van der Waals surface area contributed by atoms with Gasteiger partial charge in [-0.05, 0) is 31.1 Å². The summed E-state index contributed by atoms with van der Waals surface area (Å²) in [7, 11) is 0. The first kappa shape index (κ1) is 9.64. The smallest absolute Gasteiger partial charge is 0.228 e. The van der Waals surface area contributed by atoms with E-state index in [-0.39, 0.29) is 5.92 Å². The summed E-state index contributed by atoms with van der Waals surface area (Å²) in [4.78, 5) is 14.2. The highest BCUT2D eigenvalue weighted by Crippen LogP contribution is 2.38. The van der Waals surface area contributed by atoms with Gasteiger partial charge in [-0.15, -0.1) is 0 Å². The van der Waals surface area contributed by atoms with Gasteiger partial charge in [-0.3, -0.25) is 4.79 Å². The summed E-state index contributed by atoms with van der Waals surface area (Å²) in [5.41, 5.74) is 0. The average Bonchev–Trinajstić information content (AvgIpc) is 2.92. The Balaban J connectivity index is 1.61. The van der Waals surface area contributed by atoms with Crippen LogP contribution < -0.4 is 0 Å². The Morgan fingerprint density at radius 1 is 1.13 bits per heavy atom. The standard InChI is InChI=1S/C12H19NO2/c14-12(11-4-5-15-8-11)13-6-9-2-1-3-10(9)7-13/h9-11H,1-8H2. The maximum atomic E-state index is 12.1. The van der Waals surface area contributed by atoms with Crippen molar-refractivity contribution in [1.82, 2.24) is 4.90 Å². The van der Waals surface area contributed by atoms with Gasteiger partial charge >= 0.3 is 0 Å². The van der Waals surface area contributed by atoms with Gasteiger partial charge in [0.1, 0.15) is 0 Å². The Kier molecular flexibility index (Phi) is 2.43. The van der Waals surface area contributed by atoms with Crippen LogP contribution in [-0.4, -0.2) is 37.1 Å². The highest BCUT2D eigenvalue weighted by Gasteiger charge is 2.40. The molecule has 3 nitrogen and oxygen atoms in total. The Bertz CT molecular complexity index is 248. The number of hydrogen-bond acceptors (Lipinski definition) is 2. The number of hydrogen-bond donors (Lipinski definition) is 0. The summed E-state index contributed by atoms with van der Waals surface area (Å²) in [5, 5.41) is 0. The molecule has 0 bridgehead atoms. The highest BCUT2D eigenvalue weighted by molar-refractivity contribution is 5.79. The second kappa shape index (κ2) is 3.78. The summed E-state index contributed by atoms with van der Waals surface area (Å²) >= 11 is 0. The monoisotopic (exact) mass is 209 g/mol. The van der Waals surface area contributed by atoms with E-state index in [1.165, 1.54) is 19.3 Å². The molecule has 0 aromatic rings. The molecule has 1 saturated carbocycles. The second-order valence-electron chi connectivity index (χ2n) is 5.25. The number of carbonyl (C=O) groups is 1. The molecule has 3 atom stereocenters. The normalized spacial score (nSPS) is 39.7. The van der Waals surface area contributed by atoms with Gasteiger partial charge in [-0.2, -0.15) is 0 Å². The number of rotatable bonds is 1. The molecule has 84 valence electrons. The largest absolute Gasteiger partial charge is 0.381 e. The zero-order valence-electron chi connectivity index (χ0n) is 9.15. The molecule has 0 aromatic carbocycles. The van der Waals surface area contributed by atoms with E-state index < -0.39 is 0 Å². The van der Waals surface area contributed by atoms with Gasteiger partial charge in [0.25, 0.3) is 0 Å². The summed E-state index contributed by atoms with van der Waals surface area (Å²) in [6.45, 7) is 3.49. The Hall–Kier alpha value is -0.570. The molecule has 2 aliphatic heterocycles. The van der Waals surface area contributed by atoms with E-state index in [1.54, 1.807) is 0 Å². The van der Waals surface area contributed by atoms with E-state index >= 15 is 0 Å². The van der Waals surface area contributed by atoms with Crippen LogP contribution in [0.4, 0.5) is 0 Å². The molecule has 2 saturated heterocycles. The minimum Gasteiger partial charge on any atom is -0.381 e. The molecule has 0 spiro atoms. The Morgan fingerprint density at radius 2 is 1.87 bits per heavy atom. The van der Waals surface area contributed by atoms with Crippen LogP contribution in [0.1, 0.15) is 25.7 Å². The predicted molar refractivity (Wildman–Crippen MR) is 56.3 cm³/mol. The molecule has 3 unspecified atom stereocenters.